The minimum Gasteiger partial charge on any atom is -0.462 e. The molecule has 9 nitrogen and oxygen atoms in total. The molecule has 0 aromatic carbocycles. The fourth-order valence-electron chi connectivity index (χ4n) is 6.07. The summed E-state index contributed by atoms with van der Waals surface area (Å²) in [5.74, 6) is -0.800. The molecule has 1 N–H and O–H groups in total. The molecule has 0 saturated carbocycles. The first-order valence-corrected chi connectivity index (χ1v) is 23.4. The van der Waals surface area contributed by atoms with Crippen molar-refractivity contribution in [3.8, 4) is 0 Å². The Bertz CT molecular complexity index is 922. The van der Waals surface area contributed by atoms with Crippen molar-refractivity contribution in [1.29, 1.82) is 0 Å². The highest BCUT2D eigenvalue weighted by atomic mass is 31.2. The lowest BCUT2D eigenvalue weighted by Crippen LogP contribution is -2.37. The van der Waals surface area contributed by atoms with E-state index in [0.29, 0.717) is 17.4 Å². The van der Waals surface area contributed by atoms with Gasteiger partial charge in [0.1, 0.15) is 19.8 Å². The molecule has 0 radical (unpaired) electrons. The second-order valence-electron chi connectivity index (χ2n) is 16.1. The smallest absolute Gasteiger partial charge is 0.462 e. The Morgan fingerprint density at radius 3 is 1.43 bits per heavy atom. The molecule has 0 aliphatic carbocycles. The summed E-state index contributed by atoms with van der Waals surface area (Å²) in [6, 6.07) is 0. The topological polar surface area (TPSA) is 108 Å². The molecule has 10 heteroatoms. The van der Waals surface area contributed by atoms with E-state index >= 15 is 0 Å². The molecule has 0 rings (SSSR count). The zero-order valence-corrected chi connectivity index (χ0v) is 36.2. The van der Waals surface area contributed by atoms with Crippen molar-refractivity contribution < 1.29 is 42.1 Å². The van der Waals surface area contributed by atoms with Crippen LogP contribution in [0.25, 0.3) is 0 Å². The van der Waals surface area contributed by atoms with Crippen LogP contribution in [0.1, 0.15) is 200 Å². The summed E-state index contributed by atoms with van der Waals surface area (Å²) < 4.78 is 34.3. The molecule has 314 valence electrons. The highest BCUT2D eigenvalue weighted by Crippen LogP contribution is 2.43. The number of hydrogen-bond donors (Lipinski definition) is 1. The standard InChI is InChI=1S/C43H84NO8P/c1-6-8-10-12-14-16-18-20-21-22-23-24-26-28-30-32-34-36-43(46)52-41(40-51-53(47,48)50-38-37-44(3,4)5)39-49-42(45)35-33-31-29-27-25-19-17-15-13-11-9-7-2/h15,17,41H,6-14,16,18-40H2,1-5H3/p+1/b17-15-/t41-/m1/s1. The van der Waals surface area contributed by atoms with Gasteiger partial charge in [0.2, 0.25) is 0 Å². The van der Waals surface area contributed by atoms with Gasteiger partial charge in [0.05, 0.1) is 27.7 Å². The Morgan fingerprint density at radius 1 is 0.566 bits per heavy atom. The fourth-order valence-corrected chi connectivity index (χ4v) is 6.81. The highest BCUT2D eigenvalue weighted by molar-refractivity contribution is 7.47. The molecule has 0 bridgehead atoms. The maximum Gasteiger partial charge on any atom is 0.472 e. The van der Waals surface area contributed by atoms with E-state index in [1.807, 2.05) is 21.1 Å². The van der Waals surface area contributed by atoms with E-state index in [9.17, 15) is 19.0 Å². The molecule has 0 aliphatic heterocycles. The van der Waals surface area contributed by atoms with Crippen LogP contribution in [0.4, 0.5) is 0 Å². The molecular weight excluding hydrogens is 689 g/mol. The summed E-state index contributed by atoms with van der Waals surface area (Å²) in [7, 11) is 1.48. The first kappa shape index (κ1) is 51.8. The zero-order valence-electron chi connectivity index (χ0n) is 35.3. The first-order valence-electron chi connectivity index (χ1n) is 21.9. The van der Waals surface area contributed by atoms with Gasteiger partial charge in [0, 0.05) is 12.8 Å². The van der Waals surface area contributed by atoms with Crippen LogP contribution in [0.2, 0.25) is 0 Å². The number of hydrogen-bond acceptors (Lipinski definition) is 7. The van der Waals surface area contributed by atoms with E-state index in [1.54, 1.807) is 0 Å². The molecule has 0 fully saturated rings. The molecule has 1 unspecified atom stereocenters. The minimum atomic E-state index is -4.37. The lowest BCUT2D eigenvalue weighted by molar-refractivity contribution is -0.870. The number of phosphoric ester groups is 1. The van der Waals surface area contributed by atoms with Crippen LogP contribution < -0.4 is 0 Å². The Labute approximate surface area is 326 Å². The molecule has 2 atom stereocenters. The second kappa shape index (κ2) is 36.4. The van der Waals surface area contributed by atoms with Gasteiger partial charge in [0.15, 0.2) is 6.10 Å². The van der Waals surface area contributed by atoms with Crippen molar-refractivity contribution in [3.63, 3.8) is 0 Å². The molecule has 0 aromatic rings. The van der Waals surface area contributed by atoms with Crippen LogP contribution in [0, 0.1) is 0 Å². The summed E-state index contributed by atoms with van der Waals surface area (Å²) >= 11 is 0. The average molecular weight is 775 g/mol. The SMILES string of the molecule is CCCCC/C=C\CCCCCCCC(=O)OC[C@H](COP(=O)(O)OCC[N+](C)(C)C)OC(=O)CCCCCCCCCCCCCCCCCCC. The minimum absolute atomic E-state index is 0.0335. The van der Waals surface area contributed by atoms with Crippen molar-refractivity contribution in [3.05, 3.63) is 12.2 Å². The number of phosphoric acid groups is 1. The quantitative estimate of drug-likeness (QED) is 0.0215. The molecule has 53 heavy (non-hydrogen) atoms. The largest absolute Gasteiger partial charge is 0.472 e. The molecule has 0 aromatic heterocycles. The van der Waals surface area contributed by atoms with Gasteiger partial charge in [0.25, 0.3) is 0 Å². The van der Waals surface area contributed by atoms with Crippen LogP contribution in [0.15, 0.2) is 12.2 Å². The van der Waals surface area contributed by atoms with E-state index in [0.717, 1.165) is 51.4 Å². The van der Waals surface area contributed by atoms with Crippen LogP contribution >= 0.6 is 7.82 Å². The van der Waals surface area contributed by atoms with Gasteiger partial charge >= 0.3 is 19.8 Å². The third-order valence-corrected chi connectivity index (χ3v) is 10.5. The Hall–Kier alpha value is -1.25. The van der Waals surface area contributed by atoms with Crippen LogP contribution in [0.3, 0.4) is 0 Å². The van der Waals surface area contributed by atoms with E-state index in [2.05, 4.69) is 26.0 Å². The van der Waals surface area contributed by atoms with E-state index in [1.165, 1.54) is 116 Å². The van der Waals surface area contributed by atoms with Crippen molar-refractivity contribution in [2.45, 2.75) is 206 Å². The normalized spacial score (nSPS) is 13.7. The number of esters is 2. The number of quaternary nitrogens is 1. The predicted octanol–water partition coefficient (Wildman–Crippen LogP) is 12.2. The van der Waals surface area contributed by atoms with Gasteiger partial charge in [-0.3, -0.25) is 18.6 Å². The van der Waals surface area contributed by atoms with Crippen LogP contribution in [0.5, 0.6) is 0 Å². The zero-order chi connectivity index (χ0) is 39.3. The number of likely N-dealkylation sites (N-methyl/N-ethyl adjacent to an activating group) is 1. The number of unbranched alkanes of at least 4 members (excludes halogenated alkanes) is 24. The maximum atomic E-state index is 12.7. The van der Waals surface area contributed by atoms with Gasteiger partial charge in [-0.1, -0.05) is 161 Å². The summed E-state index contributed by atoms with van der Waals surface area (Å²) in [4.78, 5) is 35.3. The number of ether oxygens (including phenoxy) is 2. The Balaban J connectivity index is 4.32. The molecular formula is C43H85NO8P+. The van der Waals surface area contributed by atoms with Crippen molar-refractivity contribution in [2.75, 3.05) is 47.5 Å². The van der Waals surface area contributed by atoms with E-state index < -0.39 is 26.5 Å². The van der Waals surface area contributed by atoms with Crippen molar-refractivity contribution in [2.24, 2.45) is 0 Å². The number of nitrogens with zero attached hydrogens (tertiary/aromatic N) is 1. The van der Waals surface area contributed by atoms with Gasteiger partial charge in [-0.05, 0) is 38.5 Å². The fraction of sp³-hybridized carbons (Fsp3) is 0.907. The van der Waals surface area contributed by atoms with Gasteiger partial charge in [-0.25, -0.2) is 4.57 Å². The van der Waals surface area contributed by atoms with Gasteiger partial charge in [-0.15, -0.1) is 0 Å². The molecule has 0 amide bonds. The summed E-state index contributed by atoms with van der Waals surface area (Å²) in [6.45, 7) is 4.41. The first-order chi connectivity index (χ1) is 25.5. The Morgan fingerprint density at radius 2 is 0.962 bits per heavy atom. The number of carbonyl (C=O) groups excluding carboxylic acids is 2. The van der Waals surface area contributed by atoms with E-state index in [4.69, 9.17) is 18.5 Å². The van der Waals surface area contributed by atoms with Crippen molar-refractivity contribution in [1.82, 2.24) is 0 Å². The lowest BCUT2D eigenvalue weighted by atomic mass is 10.0. The third-order valence-electron chi connectivity index (χ3n) is 9.55. The van der Waals surface area contributed by atoms with Gasteiger partial charge in [-0.2, -0.15) is 0 Å². The predicted molar refractivity (Wildman–Crippen MR) is 220 cm³/mol. The number of carbonyl (C=O) groups is 2. The summed E-state index contributed by atoms with van der Waals surface area (Å²) in [5, 5.41) is 0. The summed E-state index contributed by atoms with van der Waals surface area (Å²) in [6.07, 6.45) is 36.8. The van der Waals surface area contributed by atoms with E-state index in [-0.39, 0.29) is 32.0 Å². The van der Waals surface area contributed by atoms with Crippen LogP contribution in [-0.4, -0.2) is 74.9 Å². The van der Waals surface area contributed by atoms with Gasteiger partial charge < -0.3 is 18.9 Å². The number of allylic oxidation sites excluding steroid dienone is 2. The Kier molecular flexibility index (Phi) is 35.5. The highest BCUT2D eigenvalue weighted by Gasteiger charge is 2.27. The lowest BCUT2D eigenvalue weighted by Gasteiger charge is -2.24. The average Bonchev–Trinajstić information content (AvgIpc) is 3.10. The second-order valence-corrected chi connectivity index (χ2v) is 17.5. The molecule has 0 heterocycles. The summed E-state index contributed by atoms with van der Waals surface area (Å²) in [5.41, 5.74) is 0. The molecule has 0 aliphatic rings. The number of rotatable bonds is 40. The molecule has 0 spiro atoms. The monoisotopic (exact) mass is 775 g/mol. The van der Waals surface area contributed by atoms with Crippen LogP contribution in [-0.2, 0) is 32.7 Å². The third kappa shape index (κ3) is 40.2. The maximum absolute atomic E-state index is 12.7. The molecule has 0 saturated heterocycles. The van der Waals surface area contributed by atoms with Crippen molar-refractivity contribution >= 4 is 19.8 Å².